The molecule has 2 aromatic carbocycles. The van der Waals surface area contributed by atoms with Gasteiger partial charge < -0.3 is 0 Å². The summed E-state index contributed by atoms with van der Waals surface area (Å²) < 4.78 is 1.92. The van der Waals surface area contributed by atoms with Crippen LogP contribution in [0.2, 0.25) is 0 Å². The molecule has 1 aliphatic rings. The zero-order valence-electron chi connectivity index (χ0n) is 18.6. The van der Waals surface area contributed by atoms with Crippen LogP contribution >= 0.6 is 0 Å². The van der Waals surface area contributed by atoms with Crippen LogP contribution in [-0.2, 0) is 12.0 Å². The molecule has 1 fully saturated rings. The van der Waals surface area contributed by atoms with Gasteiger partial charge in [-0.2, -0.15) is 5.26 Å². The zero-order chi connectivity index (χ0) is 21.8. The Morgan fingerprint density at radius 2 is 1.81 bits per heavy atom. The molecule has 0 saturated carbocycles. The van der Waals surface area contributed by atoms with Crippen LogP contribution in [0.25, 0.3) is 0 Å². The molecule has 1 aromatic heterocycles. The molecule has 0 radical (unpaired) electrons. The van der Waals surface area contributed by atoms with Crippen LogP contribution in [0.15, 0.2) is 54.6 Å². The van der Waals surface area contributed by atoms with E-state index in [1.165, 1.54) is 5.56 Å². The number of likely N-dealkylation sites (tertiary alicyclic amines) is 1. The van der Waals surface area contributed by atoms with Gasteiger partial charge in [-0.3, -0.25) is 4.90 Å². The van der Waals surface area contributed by atoms with E-state index in [0.717, 1.165) is 43.7 Å². The lowest BCUT2D eigenvalue weighted by atomic mass is 9.88. The second kappa shape index (κ2) is 8.99. The highest BCUT2D eigenvalue weighted by Gasteiger charge is 2.33. The Kier molecular flexibility index (Phi) is 6.15. The van der Waals surface area contributed by atoms with Crippen molar-refractivity contribution in [3.63, 3.8) is 0 Å². The number of hydrogen-bond donors (Lipinski definition) is 0. The molecule has 1 aliphatic heterocycles. The lowest BCUT2D eigenvalue weighted by Crippen LogP contribution is -2.40. The van der Waals surface area contributed by atoms with Crippen molar-refractivity contribution in [3.05, 3.63) is 77.1 Å². The summed E-state index contributed by atoms with van der Waals surface area (Å²) in [6.45, 7) is 8.30. The molecule has 0 amide bonds. The van der Waals surface area contributed by atoms with Crippen molar-refractivity contribution in [1.29, 1.82) is 5.26 Å². The third kappa shape index (κ3) is 4.83. The van der Waals surface area contributed by atoms with Gasteiger partial charge in [0, 0.05) is 0 Å². The summed E-state index contributed by atoms with van der Waals surface area (Å²) >= 11 is 0. The fraction of sp³-hybridized carbons (Fsp3) is 0.440. The number of nitriles is 1. The summed E-state index contributed by atoms with van der Waals surface area (Å²) in [4.78, 5) is 2.48. The number of rotatable bonds is 5. The number of piperidine rings is 1. The van der Waals surface area contributed by atoms with Gasteiger partial charge in [0.2, 0.25) is 0 Å². The monoisotopic (exact) mass is 414 g/mol. The van der Waals surface area contributed by atoms with Crippen molar-refractivity contribution in [2.75, 3.05) is 13.1 Å². The predicted molar refractivity (Wildman–Crippen MR) is 120 cm³/mol. The molecule has 0 unspecified atom stereocenters. The van der Waals surface area contributed by atoms with E-state index >= 15 is 0 Å². The van der Waals surface area contributed by atoms with E-state index in [0.29, 0.717) is 11.5 Å². The van der Waals surface area contributed by atoms with Crippen molar-refractivity contribution in [2.45, 2.75) is 51.6 Å². The van der Waals surface area contributed by atoms with E-state index in [9.17, 15) is 5.26 Å². The molecule has 0 aliphatic carbocycles. The first kappa shape index (κ1) is 21.2. The van der Waals surface area contributed by atoms with Crippen LogP contribution in [0, 0.1) is 17.2 Å². The predicted octanol–water partition coefficient (Wildman–Crippen LogP) is 4.34. The number of nitrogens with zero attached hydrogens (tertiary/aromatic N) is 6. The second-order valence-corrected chi connectivity index (χ2v) is 9.43. The van der Waals surface area contributed by atoms with Gasteiger partial charge >= 0.3 is 0 Å². The first-order chi connectivity index (χ1) is 15.0. The molecule has 1 saturated heterocycles. The van der Waals surface area contributed by atoms with Gasteiger partial charge in [0.1, 0.15) is 0 Å². The van der Waals surface area contributed by atoms with Gasteiger partial charge in [-0.25, -0.2) is 4.68 Å². The fourth-order valence-electron chi connectivity index (χ4n) is 4.51. The fourth-order valence-corrected chi connectivity index (χ4v) is 4.51. The van der Waals surface area contributed by atoms with Crippen LogP contribution < -0.4 is 0 Å². The quantitative estimate of drug-likeness (QED) is 0.621. The molecular formula is C25H30N6. The number of aromatic nitrogens is 4. The zero-order valence-corrected chi connectivity index (χ0v) is 18.6. The average molecular weight is 415 g/mol. The van der Waals surface area contributed by atoms with Crippen LogP contribution in [-0.4, -0.2) is 38.2 Å². The van der Waals surface area contributed by atoms with E-state index < -0.39 is 0 Å². The van der Waals surface area contributed by atoms with E-state index in [-0.39, 0.29) is 11.6 Å². The van der Waals surface area contributed by atoms with Crippen LogP contribution in [0.4, 0.5) is 0 Å². The highest BCUT2D eigenvalue weighted by molar-refractivity contribution is 5.36. The minimum absolute atomic E-state index is 0.0693. The Morgan fingerprint density at radius 3 is 2.48 bits per heavy atom. The van der Waals surface area contributed by atoms with Gasteiger partial charge in [-0.15, -0.1) is 5.10 Å². The number of tetrazole rings is 1. The molecule has 31 heavy (non-hydrogen) atoms. The average Bonchev–Trinajstić information content (AvgIpc) is 3.26. The Morgan fingerprint density at radius 1 is 1.06 bits per heavy atom. The highest BCUT2D eigenvalue weighted by atomic mass is 15.6. The molecule has 160 valence electrons. The van der Waals surface area contributed by atoms with Gasteiger partial charge in [0.05, 0.1) is 23.2 Å². The van der Waals surface area contributed by atoms with Crippen molar-refractivity contribution in [2.24, 2.45) is 5.92 Å². The smallest absolute Gasteiger partial charge is 0.173 e. The molecule has 0 spiro atoms. The molecule has 4 rings (SSSR count). The summed E-state index contributed by atoms with van der Waals surface area (Å²) in [5.74, 6) is 1.52. The molecule has 6 heteroatoms. The van der Waals surface area contributed by atoms with Crippen LogP contribution in [0.5, 0.6) is 0 Å². The lowest BCUT2D eigenvalue weighted by molar-refractivity contribution is 0.139. The van der Waals surface area contributed by atoms with E-state index in [1.54, 1.807) is 0 Å². The van der Waals surface area contributed by atoms with Gasteiger partial charge in [-0.1, -0.05) is 42.5 Å². The summed E-state index contributed by atoms with van der Waals surface area (Å²) in [5, 5.41) is 22.2. The van der Waals surface area contributed by atoms with Gasteiger partial charge in [0.15, 0.2) is 5.82 Å². The summed E-state index contributed by atoms with van der Waals surface area (Å²) in [5.41, 5.74) is 2.92. The minimum atomic E-state index is -0.227. The standard InChI is InChI=1S/C25H30N6/c1-25(2,3)31-24(27-28-29-31)23(22-11-7-10-21(17-22)18-26)30-14-12-20(13-15-30)16-19-8-5-4-6-9-19/h4-11,17,20,23H,12-16H2,1-3H3/t23-/m1/s1. The van der Waals surface area contributed by atoms with Crippen LogP contribution in [0.1, 0.15) is 62.2 Å². The Bertz CT molecular complexity index is 1040. The van der Waals surface area contributed by atoms with Gasteiger partial charge in [0.25, 0.3) is 0 Å². The highest BCUT2D eigenvalue weighted by Crippen LogP contribution is 2.34. The minimum Gasteiger partial charge on any atom is -0.290 e. The molecular weight excluding hydrogens is 384 g/mol. The number of hydrogen-bond acceptors (Lipinski definition) is 5. The van der Waals surface area contributed by atoms with Gasteiger partial charge in [-0.05, 0) is 92.7 Å². The van der Waals surface area contributed by atoms with E-state index in [2.05, 4.69) is 83.7 Å². The maximum Gasteiger partial charge on any atom is 0.173 e. The van der Waals surface area contributed by atoms with Crippen molar-refractivity contribution in [1.82, 2.24) is 25.1 Å². The summed E-state index contributed by atoms with van der Waals surface area (Å²) in [6.07, 6.45) is 3.41. The SMILES string of the molecule is CC(C)(C)n1nnnc1[C@@H](c1cccc(C#N)c1)N1CCC(Cc2ccccc2)CC1. The molecule has 1 atom stereocenters. The first-order valence-corrected chi connectivity index (χ1v) is 11.0. The van der Waals surface area contributed by atoms with E-state index in [1.807, 2.05) is 22.9 Å². The summed E-state index contributed by atoms with van der Waals surface area (Å²) in [6, 6.07) is 20.8. The lowest BCUT2D eigenvalue weighted by Gasteiger charge is -2.38. The van der Waals surface area contributed by atoms with Crippen LogP contribution in [0.3, 0.4) is 0 Å². The molecule has 6 nitrogen and oxygen atoms in total. The van der Waals surface area contributed by atoms with Crippen molar-refractivity contribution in [3.8, 4) is 6.07 Å². The topological polar surface area (TPSA) is 70.6 Å². The maximum absolute atomic E-state index is 9.43. The molecule has 2 heterocycles. The Hall–Kier alpha value is -3.04. The van der Waals surface area contributed by atoms with E-state index in [4.69, 9.17) is 0 Å². The normalized spacial score (nSPS) is 16.7. The molecule has 3 aromatic rings. The Balaban J connectivity index is 1.60. The number of benzene rings is 2. The summed E-state index contributed by atoms with van der Waals surface area (Å²) in [7, 11) is 0. The first-order valence-electron chi connectivity index (χ1n) is 11.0. The third-order valence-corrected chi connectivity index (χ3v) is 6.09. The molecule has 0 bridgehead atoms. The van der Waals surface area contributed by atoms with Crippen molar-refractivity contribution >= 4 is 0 Å². The largest absolute Gasteiger partial charge is 0.290 e. The van der Waals surface area contributed by atoms with Crippen molar-refractivity contribution < 1.29 is 0 Å². The second-order valence-electron chi connectivity index (χ2n) is 9.43. The third-order valence-electron chi connectivity index (χ3n) is 6.09. The Labute approximate surface area is 184 Å². The molecule has 0 N–H and O–H groups in total. The maximum atomic E-state index is 9.43.